The van der Waals surface area contributed by atoms with E-state index in [4.69, 9.17) is 23.2 Å². The average molecular weight is 334 g/mol. The minimum absolute atomic E-state index is 0.228. The van der Waals surface area contributed by atoms with Crippen molar-refractivity contribution in [3.8, 4) is 0 Å². The highest BCUT2D eigenvalue weighted by molar-refractivity contribution is 6.42. The molecule has 0 radical (unpaired) electrons. The van der Waals surface area contributed by atoms with Crippen molar-refractivity contribution in [1.29, 1.82) is 0 Å². The fourth-order valence-corrected chi connectivity index (χ4v) is 2.59. The third kappa shape index (κ3) is 2.67. The molecule has 4 nitrogen and oxygen atoms in total. The van der Waals surface area contributed by atoms with Gasteiger partial charge in [-0.2, -0.15) is 0 Å². The summed E-state index contributed by atoms with van der Waals surface area (Å²) in [5, 5.41) is 3.68. The van der Waals surface area contributed by atoms with Crippen LogP contribution >= 0.6 is 23.2 Å². The molecule has 0 aliphatic rings. The van der Waals surface area contributed by atoms with Crippen LogP contribution in [-0.4, -0.2) is 15.3 Å². The second-order valence-electron chi connectivity index (χ2n) is 4.77. The van der Waals surface area contributed by atoms with Gasteiger partial charge < -0.3 is 5.32 Å². The lowest BCUT2D eigenvalue weighted by atomic mass is 10.2. The smallest absolute Gasteiger partial charge is 0.274 e. The number of rotatable bonds is 3. The summed E-state index contributed by atoms with van der Waals surface area (Å²) in [6, 6.07) is 10.6. The highest BCUT2D eigenvalue weighted by atomic mass is 35.5. The van der Waals surface area contributed by atoms with Gasteiger partial charge in [0, 0.05) is 11.9 Å². The van der Waals surface area contributed by atoms with Crippen LogP contribution in [0, 0.1) is 0 Å². The Morgan fingerprint density at radius 1 is 1.23 bits per heavy atom. The molecule has 0 unspecified atom stereocenters. The molecule has 0 saturated carbocycles. The molecule has 3 aromatic rings. The molecule has 0 atom stereocenters. The van der Waals surface area contributed by atoms with E-state index in [9.17, 15) is 4.79 Å². The molecule has 6 heteroatoms. The average Bonchev–Trinajstić information content (AvgIpc) is 2.89. The maximum atomic E-state index is 12.6. The number of fused-ring (bicyclic) bond motifs is 1. The zero-order valence-electron chi connectivity index (χ0n) is 11.8. The Morgan fingerprint density at radius 3 is 2.77 bits per heavy atom. The Hall–Kier alpha value is -2.04. The molecular formula is C16H13Cl2N3O. The van der Waals surface area contributed by atoms with Crippen molar-refractivity contribution in [2.75, 3.05) is 5.32 Å². The number of nitrogens with zero attached hydrogens (tertiary/aromatic N) is 2. The van der Waals surface area contributed by atoms with E-state index in [2.05, 4.69) is 10.3 Å². The molecule has 112 valence electrons. The summed E-state index contributed by atoms with van der Waals surface area (Å²) in [6.07, 6.45) is 2.50. The van der Waals surface area contributed by atoms with Crippen molar-refractivity contribution in [1.82, 2.24) is 9.38 Å². The van der Waals surface area contributed by atoms with E-state index in [1.165, 1.54) is 0 Å². The van der Waals surface area contributed by atoms with Gasteiger partial charge in [0.25, 0.3) is 5.91 Å². The van der Waals surface area contributed by atoms with Crippen LogP contribution in [0.4, 0.5) is 5.69 Å². The zero-order chi connectivity index (χ0) is 15.7. The molecule has 1 aromatic carbocycles. The van der Waals surface area contributed by atoms with Crippen LogP contribution in [0.2, 0.25) is 10.0 Å². The Morgan fingerprint density at radius 2 is 2.05 bits per heavy atom. The third-order valence-electron chi connectivity index (χ3n) is 3.33. The summed E-state index contributed by atoms with van der Waals surface area (Å²) in [5.74, 6) is -0.228. The number of aryl methyl sites for hydroxylation is 1. The molecule has 1 N–H and O–H groups in total. The molecule has 0 aliphatic carbocycles. The Bertz CT molecular complexity index is 858. The van der Waals surface area contributed by atoms with E-state index < -0.39 is 0 Å². The molecule has 0 bridgehead atoms. The van der Waals surface area contributed by atoms with Crippen LogP contribution in [0.15, 0.2) is 42.6 Å². The summed E-state index contributed by atoms with van der Waals surface area (Å²) >= 11 is 11.9. The highest BCUT2D eigenvalue weighted by Gasteiger charge is 2.18. The monoisotopic (exact) mass is 333 g/mol. The van der Waals surface area contributed by atoms with E-state index in [1.54, 1.807) is 22.6 Å². The lowest BCUT2D eigenvalue weighted by Crippen LogP contribution is -2.16. The number of hydrogen-bond acceptors (Lipinski definition) is 2. The second kappa shape index (κ2) is 5.99. The molecular weight excluding hydrogens is 321 g/mol. The zero-order valence-corrected chi connectivity index (χ0v) is 13.3. The van der Waals surface area contributed by atoms with Crippen molar-refractivity contribution >= 4 is 40.4 Å². The molecule has 3 rings (SSSR count). The number of pyridine rings is 1. The van der Waals surface area contributed by atoms with Crippen LogP contribution in [0.3, 0.4) is 0 Å². The van der Waals surface area contributed by atoms with Crippen molar-refractivity contribution in [2.45, 2.75) is 13.3 Å². The topological polar surface area (TPSA) is 46.4 Å². The van der Waals surface area contributed by atoms with Gasteiger partial charge >= 0.3 is 0 Å². The number of aromatic nitrogens is 2. The number of nitrogens with one attached hydrogen (secondary N) is 1. The SMILES string of the molecule is CCc1nc2ccccn2c1C(=O)Nc1ccc(Cl)c(Cl)c1. The molecule has 2 aromatic heterocycles. The van der Waals surface area contributed by atoms with Crippen LogP contribution in [-0.2, 0) is 6.42 Å². The molecule has 22 heavy (non-hydrogen) atoms. The number of carbonyl (C=O) groups is 1. The van der Waals surface area contributed by atoms with Gasteiger partial charge in [-0.05, 0) is 36.8 Å². The number of carbonyl (C=O) groups excluding carboxylic acids is 1. The number of benzene rings is 1. The number of halogens is 2. The first-order valence-electron chi connectivity index (χ1n) is 6.82. The molecule has 0 spiro atoms. The van der Waals surface area contributed by atoms with Crippen molar-refractivity contribution in [2.24, 2.45) is 0 Å². The van der Waals surface area contributed by atoms with Gasteiger partial charge in [-0.3, -0.25) is 9.20 Å². The minimum atomic E-state index is -0.228. The molecule has 0 saturated heterocycles. The van der Waals surface area contributed by atoms with Gasteiger partial charge in [0.05, 0.1) is 15.7 Å². The minimum Gasteiger partial charge on any atom is -0.321 e. The van der Waals surface area contributed by atoms with E-state index in [0.717, 1.165) is 11.3 Å². The summed E-state index contributed by atoms with van der Waals surface area (Å²) in [7, 11) is 0. The van der Waals surface area contributed by atoms with E-state index in [0.29, 0.717) is 27.8 Å². The maximum absolute atomic E-state index is 12.6. The van der Waals surface area contributed by atoms with Gasteiger partial charge in [0.1, 0.15) is 11.3 Å². The van der Waals surface area contributed by atoms with Crippen molar-refractivity contribution in [3.05, 3.63) is 64.0 Å². The maximum Gasteiger partial charge on any atom is 0.274 e. The first kappa shape index (κ1) is 14.9. The fraction of sp³-hybridized carbons (Fsp3) is 0.125. The van der Waals surface area contributed by atoms with Gasteiger partial charge in [-0.25, -0.2) is 4.98 Å². The molecule has 0 fully saturated rings. The Balaban J connectivity index is 1.99. The third-order valence-corrected chi connectivity index (χ3v) is 4.07. The molecule has 2 heterocycles. The van der Waals surface area contributed by atoms with Gasteiger partial charge in [0.15, 0.2) is 0 Å². The molecule has 0 aliphatic heterocycles. The summed E-state index contributed by atoms with van der Waals surface area (Å²) in [6.45, 7) is 1.97. The van der Waals surface area contributed by atoms with Crippen LogP contribution in [0.5, 0.6) is 0 Å². The van der Waals surface area contributed by atoms with Crippen LogP contribution in [0.25, 0.3) is 5.65 Å². The number of anilines is 1. The first-order valence-corrected chi connectivity index (χ1v) is 7.58. The lowest BCUT2D eigenvalue weighted by molar-refractivity contribution is 0.102. The highest BCUT2D eigenvalue weighted by Crippen LogP contribution is 2.25. The van der Waals surface area contributed by atoms with Gasteiger partial charge in [-0.1, -0.05) is 36.2 Å². The van der Waals surface area contributed by atoms with Crippen molar-refractivity contribution in [3.63, 3.8) is 0 Å². The number of amides is 1. The Kier molecular flexibility index (Phi) is 4.05. The first-order chi connectivity index (χ1) is 10.6. The molecule has 1 amide bonds. The lowest BCUT2D eigenvalue weighted by Gasteiger charge is -2.07. The predicted molar refractivity (Wildman–Crippen MR) is 89.0 cm³/mol. The summed E-state index contributed by atoms with van der Waals surface area (Å²) in [4.78, 5) is 17.1. The van der Waals surface area contributed by atoms with Crippen LogP contribution < -0.4 is 5.32 Å². The fourth-order valence-electron chi connectivity index (χ4n) is 2.30. The Labute approximate surface area is 137 Å². The van der Waals surface area contributed by atoms with E-state index in [1.807, 2.05) is 31.3 Å². The normalized spacial score (nSPS) is 10.9. The largest absolute Gasteiger partial charge is 0.321 e. The van der Waals surface area contributed by atoms with Gasteiger partial charge in [0.2, 0.25) is 0 Å². The summed E-state index contributed by atoms with van der Waals surface area (Å²) < 4.78 is 1.78. The predicted octanol–water partition coefficient (Wildman–Crippen LogP) is 4.46. The number of hydrogen-bond donors (Lipinski definition) is 1. The standard InChI is InChI=1S/C16H13Cl2N3O/c1-2-13-15(21-8-4-3-5-14(21)20-13)16(22)19-10-6-7-11(17)12(18)9-10/h3-9H,2H2,1H3,(H,19,22). The number of imidazole rings is 1. The van der Waals surface area contributed by atoms with Crippen molar-refractivity contribution < 1.29 is 4.79 Å². The van der Waals surface area contributed by atoms with E-state index >= 15 is 0 Å². The van der Waals surface area contributed by atoms with Crippen LogP contribution in [0.1, 0.15) is 23.1 Å². The second-order valence-corrected chi connectivity index (χ2v) is 5.59. The summed E-state index contributed by atoms with van der Waals surface area (Å²) in [5.41, 5.74) is 2.62. The van der Waals surface area contributed by atoms with Gasteiger partial charge in [-0.15, -0.1) is 0 Å². The quantitative estimate of drug-likeness (QED) is 0.769. The van der Waals surface area contributed by atoms with E-state index in [-0.39, 0.29) is 5.91 Å².